The van der Waals surface area contributed by atoms with E-state index in [9.17, 15) is 18.5 Å². The van der Waals surface area contributed by atoms with Crippen molar-refractivity contribution in [3.8, 4) is 0 Å². The lowest BCUT2D eigenvalue weighted by Crippen LogP contribution is -2.30. The highest BCUT2D eigenvalue weighted by Crippen LogP contribution is 2.38. The Labute approximate surface area is 132 Å². The molecule has 8 heteroatoms. The smallest absolute Gasteiger partial charge is 0.258 e. The minimum atomic E-state index is -3.64. The molecule has 1 aliphatic rings. The fourth-order valence-corrected chi connectivity index (χ4v) is 5.28. The number of nitro benzene ring substituents is 1. The summed E-state index contributed by atoms with van der Waals surface area (Å²) in [6.45, 7) is 0.474. The maximum absolute atomic E-state index is 12.8. The molecule has 0 bridgehead atoms. The summed E-state index contributed by atoms with van der Waals surface area (Å²) in [6.07, 6.45) is 1.61. The van der Waals surface area contributed by atoms with E-state index >= 15 is 0 Å². The van der Waals surface area contributed by atoms with Gasteiger partial charge < -0.3 is 0 Å². The van der Waals surface area contributed by atoms with E-state index in [0.717, 1.165) is 17.7 Å². The molecular weight excluding hydrogens is 324 g/mol. The summed E-state index contributed by atoms with van der Waals surface area (Å²) in [5.41, 5.74) is -0.116. The second-order valence-electron chi connectivity index (χ2n) is 5.04. The molecule has 3 rings (SSSR count). The summed E-state index contributed by atoms with van der Waals surface area (Å²) in [5.74, 6) is 0. The molecule has 0 saturated carbocycles. The van der Waals surface area contributed by atoms with Crippen molar-refractivity contribution in [1.29, 1.82) is 0 Å². The van der Waals surface area contributed by atoms with Crippen molar-refractivity contribution in [3.05, 3.63) is 56.8 Å². The molecule has 0 aliphatic carbocycles. The summed E-state index contributed by atoms with van der Waals surface area (Å²) >= 11 is 1.55. The first-order valence-electron chi connectivity index (χ1n) is 6.80. The Bertz CT molecular complexity index is 770. The summed E-state index contributed by atoms with van der Waals surface area (Å²) in [5, 5.41) is 12.6. The van der Waals surface area contributed by atoms with E-state index in [0.29, 0.717) is 6.54 Å². The monoisotopic (exact) mass is 338 g/mol. The van der Waals surface area contributed by atoms with E-state index in [1.807, 2.05) is 17.5 Å². The predicted octanol–water partition coefficient (Wildman–Crippen LogP) is 3.18. The zero-order chi connectivity index (χ0) is 15.7. The van der Waals surface area contributed by atoms with Gasteiger partial charge in [-0.2, -0.15) is 4.31 Å². The Morgan fingerprint density at radius 3 is 2.55 bits per heavy atom. The Hall–Kier alpha value is -1.77. The van der Waals surface area contributed by atoms with E-state index in [-0.39, 0.29) is 16.6 Å². The van der Waals surface area contributed by atoms with Crippen LogP contribution in [0.25, 0.3) is 0 Å². The van der Waals surface area contributed by atoms with Gasteiger partial charge in [-0.3, -0.25) is 10.1 Å². The maximum atomic E-state index is 12.8. The van der Waals surface area contributed by atoms with Crippen LogP contribution in [-0.4, -0.2) is 24.2 Å². The molecule has 1 atom stereocenters. The Morgan fingerprint density at radius 2 is 1.95 bits per heavy atom. The fourth-order valence-electron chi connectivity index (χ4n) is 2.67. The molecule has 22 heavy (non-hydrogen) atoms. The van der Waals surface area contributed by atoms with Gasteiger partial charge in [0.15, 0.2) is 0 Å². The summed E-state index contributed by atoms with van der Waals surface area (Å²) in [6, 6.07) is 8.77. The first-order valence-corrected chi connectivity index (χ1v) is 9.12. The highest BCUT2D eigenvalue weighted by molar-refractivity contribution is 7.89. The van der Waals surface area contributed by atoms with Crippen LogP contribution in [0.15, 0.2) is 46.7 Å². The SMILES string of the molecule is O=[N+]([O-])c1ccc(S(=O)(=O)N2CCCC2c2cccs2)cc1. The molecule has 0 radical (unpaired) electrons. The highest BCUT2D eigenvalue weighted by atomic mass is 32.2. The van der Waals surface area contributed by atoms with Crippen LogP contribution >= 0.6 is 11.3 Å². The fraction of sp³-hybridized carbons (Fsp3) is 0.286. The van der Waals surface area contributed by atoms with Crippen LogP contribution in [0.4, 0.5) is 5.69 Å². The van der Waals surface area contributed by atoms with E-state index in [2.05, 4.69) is 0 Å². The number of non-ortho nitro benzene ring substituents is 1. The van der Waals surface area contributed by atoms with Crippen molar-refractivity contribution in [2.45, 2.75) is 23.8 Å². The number of benzene rings is 1. The van der Waals surface area contributed by atoms with Gasteiger partial charge in [0.1, 0.15) is 0 Å². The van der Waals surface area contributed by atoms with Gasteiger partial charge in [0.25, 0.3) is 5.69 Å². The van der Waals surface area contributed by atoms with Gasteiger partial charge in [-0.25, -0.2) is 8.42 Å². The van der Waals surface area contributed by atoms with Crippen LogP contribution in [-0.2, 0) is 10.0 Å². The molecule has 0 amide bonds. The van der Waals surface area contributed by atoms with Gasteiger partial charge in [-0.1, -0.05) is 6.07 Å². The second-order valence-corrected chi connectivity index (χ2v) is 7.91. The first-order chi connectivity index (χ1) is 10.5. The lowest BCUT2D eigenvalue weighted by Gasteiger charge is -2.23. The first kappa shape index (κ1) is 15.1. The molecule has 2 aromatic rings. The number of rotatable bonds is 4. The molecule has 1 aromatic carbocycles. The normalized spacial score (nSPS) is 19.4. The van der Waals surface area contributed by atoms with Crippen molar-refractivity contribution in [3.63, 3.8) is 0 Å². The van der Waals surface area contributed by atoms with Crippen LogP contribution in [0, 0.1) is 10.1 Å². The summed E-state index contributed by atoms with van der Waals surface area (Å²) in [7, 11) is -3.64. The van der Waals surface area contributed by atoms with Gasteiger partial charge in [0.2, 0.25) is 10.0 Å². The highest BCUT2D eigenvalue weighted by Gasteiger charge is 2.36. The average Bonchev–Trinajstić information content (AvgIpc) is 3.18. The summed E-state index contributed by atoms with van der Waals surface area (Å²) < 4.78 is 27.1. The van der Waals surface area contributed by atoms with E-state index in [4.69, 9.17) is 0 Å². The quantitative estimate of drug-likeness (QED) is 0.633. The maximum Gasteiger partial charge on any atom is 0.269 e. The standard InChI is InChI=1S/C14H14N2O4S2/c17-16(18)11-5-7-12(8-6-11)22(19,20)15-9-1-3-13(15)14-4-2-10-21-14/h2,4-8,10,13H,1,3,9H2. The zero-order valence-electron chi connectivity index (χ0n) is 11.6. The largest absolute Gasteiger partial charge is 0.269 e. The lowest BCUT2D eigenvalue weighted by molar-refractivity contribution is -0.384. The van der Waals surface area contributed by atoms with Crippen LogP contribution in [0.1, 0.15) is 23.8 Å². The summed E-state index contributed by atoms with van der Waals surface area (Å²) in [4.78, 5) is 11.3. The Kier molecular flexibility index (Phi) is 3.98. The Balaban J connectivity index is 1.93. The molecule has 1 fully saturated rings. The molecule has 2 heterocycles. The molecule has 1 aliphatic heterocycles. The number of sulfonamides is 1. The molecule has 0 N–H and O–H groups in total. The number of hydrogen-bond acceptors (Lipinski definition) is 5. The third-order valence-corrected chi connectivity index (χ3v) is 6.63. The number of nitro groups is 1. The Morgan fingerprint density at radius 1 is 1.23 bits per heavy atom. The van der Waals surface area contributed by atoms with Crippen LogP contribution in [0.2, 0.25) is 0 Å². The third kappa shape index (κ3) is 2.65. The molecule has 1 aromatic heterocycles. The number of hydrogen-bond donors (Lipinski definition) is 0. The van der Waals surface area contributed by atoms with E-state index < -0.39 is 14.9 Å². The number of nitrogens with zero attached hydrogens (tertiary/aromatic N) is 2. The van der Waals surface area contributed by atoms with Gasteiger partial charge >= 0.3 is 0 Å². The molecule has 116 valence electrons. The molecule has 1 unspecified atom stereocenters. The van der Waals surface area contributed by atoms with Crippen molar-refractivity contribution >= 4 is 27.0 Å². The van der Waals surface area contributed by atoms with Gasteiger partial charge in [-0.15, -0.1) is 11.3 Å². The van der Waals surface area contributed by atoms with E-state index in [1.165, 1.54) is 28.6 Å². The average molecular weight is 338 g/mol. The van der Waals surface area contributed by atoms with Crippen LogP contribution in [0.3, 0.4) is 0 Å². The number of thiophene rings is 1. The van der Waals surface area contributed by atoms with Crippen molar-refractivity contribution in [1.82, 2.24) is 4.31 Å². The topological polar surface area (TPSA) is 80.5 Å². The lowest BCUT2D eigenvalue weighted by atomic mass is 10.2. The van der Waals surface area contributed by atoms with Gasteiger partial charge in [0, 0.05) is 23.6 Å². The van der Waals surface area contributed by atoms with Crippen LogP contribution < -0.4 is 0 Å². The van der Waals surface area contributed by atoms with Crippen LogP contribution in [0.5, 0.6) is 0 Å². The van der Waals surface area contributed by atoms with E-state index in [1.54, 1.807) is 11.3 Å². The minimum Gasteiger partial charge on any atom is -0.258 e. The molecule has 1 saturated heterocycles. The van der Waals surface area contributed by atoms with Gasteiger partial charge in [0.05, 0.1) is 15.9 Å². The van der Waals surface area contributed by atoms with Gasteiger partial charge in [-0.05, 0) is 36.4 Å². The minimum absolute atomic E-state index is 0.0987. The molecular formula is C14H14N2O4S2. The predicted molar refractivity (Wildman–Crippen MR) is 83.3 cm³/mol. The van der Waals surface area contributed by atoms with Crippen molar-refractivity contribution < 1.29 is 13.3 Å². The molecule has 0 spiro atoms. The zero-order valence-corrected chi connectivity index (χ0v) is 13.2. The van der Waals surface area contributed by atoms with Crippen molar-refractivity contribution in [2.75, 3.05) is 6.54 Å². The second kappa shape index (κ2) is 5.79. The van der Waals surface area contributed by atoms with Crippen molar-refractivity contribution in [2.24, 2.45) is 0 Å². The molecule has 6 nitrogen and oxygen atoms in total. The third-order valence-electron chi connectivity index (χ3n) is 3.73.